The Morgan fingerprint density at radius 1 is 1.00 bits per heavy atom. The van der Waals surface area contributed by atoms with E-state index in [4.69, 9.17) is 9.47 Å². The molecule has 1 aliphatic rings. The lowest BCUT2D eigenvalue weighted by atomic mass is 9.89. The van der Waals surface area contributed by atoms with Crippen molar-refractivity contribution in [3.05, 3.63) is 78.1 Å². The van der Waals surface area contributed by atoms with E-state index < -0.39 is 0 Å². The number of anilines is 1. The van der Waals surface area contributed by atoms with E-state index in [9.17, 15) is 9.59 Å². The van der Waals surface area contributed by atoms with Gasteiger partial charge in [-0.25, -0.2) is 4.98 Å². The lowest BCUT2D eigenvalue weighted by Gasteiger charge is -2.31. The fourth-order valence-electron chi connectivity index (χ4n) is 5.12. The highest BCUT2D eigenvalue weighted by Crippen LogP contribution is 2.36. The number of carbonyl (C=O) groups is 2. The lowest BCUT2D eigenvalue weighted by Crippen LogP contribution is -2.32. The number of nitrogens with zero attached hydrogens (tertiary/aromatic N) is 3. The minimum absolute atomic E-state index is 0.00202. The monoisotopic (exact) mass is 526 g/mol. The molecule has 8 heteroatoms. The van der Waals surface area contributed by atoms with Crippen LogP contribution in [0.5, 0.6) is 17.2 Å². The molecule has 202 valence electrons. The predicted molar refractivity (Wildman–Crippen MR) is 152 cm³/mol. The maximum atomic E-state index is 12.9. The van der Waals surface area contributed by atoms with Crippen molar-refractivity contribution in [1.82, 2.24) is 14.5 Å². The second-order valence-corrected chi connectivity index (χ2v) is 9.76. The summed E-state index contributed by atoms with van der Waals surface area (Å²) in [7, 11) is 1.56. The first-order valence-electron chi connectivity index (χ1n) is 13.5. The SMILES string of the molecule is CCC(=O)n1ccc2cc(Oc3ccnc(NC(=O)c4ccc(C5CCN(CC)CC5)cc4)c3)c(OC)cc21. The molecule has 1 N–H and O–H groups in total. The molecule has 39 heavy (non-hydrogen) atoms. The molecule has 0 aliphatic carbocycles. The summed E-state index contributed by atoms with van der Waals surface area (Å²) in [6.07, 6.45) is 6.03. The topological polar surface area (TPSA) is 85.7 Å². The van der Waals surface area contributed by atoms with Crippen LogP contribution >= 0.6 is 0 Å². The van der Waals surface area contributed by atoms with Crippen molar-refractivity contribution in [1.29, 1.82) is 0 Å². The number of amides is 1. The molecule has 0 bridgehead atoms. The van der Waals surface area contributed by atoms with Gasteiger partial charge >= 0.3 is 0 Å². The molecule has 0 atom stereocenters. The molecule has 1 saturated heterocycles. The van der Waals surface area contributed by atoms with E-state index in [0.717, 1.165) is 43.4 Å². The molecular formula is C31H34N4O4. The highest BCUT2D eigenvalue weighted by atomic mass is 16.5. The van der Waals surface area contributed by atoms with Gasteiger partial charge in [-0.2, -0.15) is 0 Å². The number of piperidine rings is 1. The van der Waals surface area contributed by atoms with Gasteiger partial charge in [-0.15, -0.1) is 0 Å². The largest absolute Gasteiger partial charge is 0.493 e. The minimum Gasteiger partial charge on any atom is -0.493 e. The molecule has 1 aliphatic heterocycles. The van der Waals surface area contributed by atoms with Crippen LogP contribution in [0.2, 0.25) is 0 Å². The van der Waals surface area contributed by atoms with Gasteiger partial charge < -0.3 is 19.7 Å². The summed E-state index contributed by atoms with van der Waals surface area (Å²) in [5.74, 6) is 2.19. The lowest BCUT2D eigenvalue weighted by molar-refractivity contribution is 0.0913. The molecule has 4 aromatic rings. The summed E-state index contributed by atoms with van der Waals surface area (Å²) < 4.78 is 13.3. The van der Waals surface area contributed by atoms with E-state index in [2.05, 4.69) is 34.3 Å². The number of hydrogen-bond donors (Lipinski definition) is 1. The van der Waals surface area contributed by atoms with E-state index in [1.165, 1.54) is 5.56 Å². The van der Waals surface area contributed by atoms with Crippen LogP contribution in [-0.4, -0.2) is 53.0 Å². The first-order chi connectivity index (χ1) is 19.0. The number of ether oxygens (including phenoxy) is 2. The molecular weight excluding hydrogens is 492 g/mol. The van der Waals surface area contributed by atoms with Crippen LogP contribution in [0.3, 0.4) is 0 Å². The number of carbonyl (C=O) groups excluding carboxylic acids is 2. The van der Waals surface area contributed by atoms with Crippen molar-refractivity contribution in [2.75, 3.05) is 32.1 Å². The van der Waals surface area contributed by atoms with Crippen LogP contribution in [0, 0.1) is 0 Å². The van der Waals surface area contributed by atoms with Crippen molar-refractivity contribution < 1.29 is 19.1 Å². The molecule has 1 fully saturated rings. The third kappa shape index (κ3) is 5.81. The standard InChI is InChI=1S/C31H34N4O4/c1-4-30(36)35-17-13-24-18-28(27(38-3)20-26(24)35)39-25-10-14-32-29(19-25)33-31(37)23-8-6-21(7-9-23)22-11-15-34(5-2)16-12-22/h6-10,13-14,17-20,22H,4-5,11-12,15-16H2,1-3H3,(H,32,33,37). The molecule has 0 saturated carbocycles. The highest BCUT2D eigenvalue weighted by molar-refractivity contribution is 6.03. The van der Waals surface area contributed by atoms with Crippen molar-refractivity contribution in [3.8, 4) is 17.2 Å². The Morgan fingerprint density at radius 2 is 1.77 bits per heavy atom. The summed E-state index contributed by atoms with van der Waals surface area (Å²) in [5, 5.41) is 3.72. The van der Waals surface area contributed by atoms with E-state index in [1.54, 1.807) is 42.3 Å². The number of hydrogen-bond acceptors (Lipinski definition) is 6. The van der Waals surface area contributed by atoms with Crippen LogP contribution in [0.15, 0.2) is 67.0 Å². The summed E-state index contributed by atoms with van der Waals surface area (Å²) >= 11 is 0. The number of fused-ring (bicyclic) bond motifs is 1. The molecule has 0 spiro atoms. The molecule has 1 amide bonds. The first kappa shape index (κ1) is 26.4. The van der Waals surface area contributed by atoms with Crippen LogP contribution in [-0.2, 0) is 0 Å². The third-order valence-electron chi connectivity index (χ3n) is 7.43. The molecule has 3 heterocycles. The van der Waals surface area contributed by atoms with E-state index in [1.807, 2.05) is 31.2 Å². The average Bonchev–Trinajstić information content (AvgIpc) is 3.39. The number of methoxy groups -OCH3 is 1. The Morgan fingerprint density at radius 3 is 2.46 bits per heavy atom. The van der Waals surface area contributed by atoms with Gasteiger partial charge in [0, 0.05) is 41.9 Å². The van der Waals surface area contributed by atoms with Crippen LogP contribution in [0.25, 0.3) is 10.9 Å². The fraction of sp³-hybridized carbons (Fsp3) is 0.323. The molecule has 8 nitrogen and oxygen atoms in total. The summed E-state index contributed by atoms with van der Waals surface area (Å²) in [5.41, 5.74) is 2.62. The van der Waals surface area contributed by atoms with Gasteiger partial charge in [0.25, 0.3) is 5.91 Å². The Labute approximate surface area is 228 Å². The van der Waals surface area contributed by atoms with Gasteiger partial charge in [-0.3, -0.25) is 14.2 Å². The average molecular weight is 527 g/mol. The van der Waals surface area contributed by atoms with Gasteiger partial charge in [0.15, 0.2) is 11.5 Å². The zero-order chi connectivity index (χ0) is 27.4. The summed E-state index contributed by atoms with van der Waals surface area (Å²) in [4.78, 5) is 31.9. The Kier molecular flexibility index (Phi) is 7.93. The zero-order valence-electron chi connectivity index (χ0n) is 22.6. The number of rotatable bonds is 8. The summed E-state index contributed by atoms with van der Waals surface area (Å²) in [6.45, 7) is 7.38. The molecule has 5 rings (SSSR count). The Balaban J connectivity index is 1.27. The van der Waals surface area contributed by atoms with Gasteiger partial charge in [0.05, 0.1) is 12.6 Å². The smallest absolute Gasteiger partial charge is 0.256 e. The molecule has 2 aromatic carbocycles. The van der Waals surface area contributed by atoms with Gasteiger partial charge in [-0.05, 0) is 74.3 Å². The highest BCUT2D eigenvalue weighted by Gasteiger charge is 2.20. The van der Waals surface area contributed by atoms with Crippen molar-refractivity contribution in [3.63, 3.8) is 0 Å². The normalized spacial score (nSPS) is 14.3. The van der Waals surface area contributed by atoms with Crippen molar-refractivity contribution >= 4 is 28.5 Å². The Bertz CT molecular complexity index is 1470. The van der Waals surface area contributed by atoms with E-state index >= 15 is 0 Å². The maximum Gasteiger partial charge on any atom is 0.256 e. The zero-order valence-corrected chi connectivity index (χ0v) is 22.6. The third-order valence-corrected chi connectivity index (χ3v) is 7.43. The predicted octanol–water partition coefficient (Wildman–Crippen LogP) is 6.34. The second kappa shape index (κ2) is 11.7. The number of benzene rings is 2. The van der Waals surface area contributed by atoms with E-state index in [-0.39, 0.29) is 11.8 Å². The maximum absolute atomic E-state index is 12.9. The quantitative estimate of drug-likeness (QED) is 0.288. The van der Waals surface area contributed by atoms with E-state index in [0.29, 0.717) is 41.0 Å². The van der Waals surface area contributed by atoms with Gasteiger partial charge in [0.2, 0.25) is 5.91 Å². The summed E-state index contributed by atoms with van der Waals surface area (Å²) in [6, 6.07) is 16.8. The number of likely N-dealkylation sites (tertiary alicyclic amines) is 1. The Hall–Kier alpha value is -4.17. The number of aromatic nitrogens is 2. The van der Waals surface area contributed by atoms with Crippen LogP contribution in [0.4, 0.5) is 5.82 Å². The van der Waals surface area contributed by atoms with Crippen molar-refractivity contribution in [2.45, 2.75) is 39.0 Å². The van der Waals surface area contributed by atoms with Gasteiger partial charge in [-0.1, -0.05) is 26.0 Å². The fourth-order valence-corrected chi connectivity index (χ4v) is 5.12. The van der Waals surface area contributed by atoms with Crippen molar-refractivity contribution in [2.24, 2.45) is 0 Å². The molecule has 2 aromatic heterocycles. The van der Waals surface area contributed by atoms with Crippen LogP contribution in [0.1, 0.15) is 59.7 Å². The second-order valence-electron chi connectivity index (χ2n) is 9.76. The molecule has 0 unspecified atom stereocenters. The minimum atomic E-state index is -0.229. The van der Waals surface area contributed by atoms with Crippen LogP contribution < -0.4 is 14.8 Å². The number of nitrogens with one attached hydrogen (secondary N) is 1. The first-order valence-corrected chi connectivity index (χ1v) is 13.5. The number of pyridine rings is 1. The molecule has 0 radical (unpaired) electrons. The van der Waals surface area contributed by atoms with Gasteiger partial charge in [0.1, 0.15) is 11.6 Å².